The molecular weight excluding hydrogens is 1920 g/mol. The van der Waals surface area contributed by atoms with Crippen molar-refractivity contribution in [3.8, 4) is 0 Å². The van der Waals surface area contributed by atoms with E-state index in [0.717, 1.165) is 62.8 Å². The number of anilines is 2. The largest absolute Gasteiger partial charge is 1.00 e. The summed E-state index contributed by atoms with van der Waals surface area (Å²) in [5.41, 5.74) is 12.5. The van der Waals surface area contributed by atoms with Gasteiger partial charge in [0.05, 0.1) is 67.2 Å². The molecule has 7 N–H and O–H groups in total. The molecule has 10 aromatic rings. The topological polar surface area (TPSA) is 288 Å². The molecule has 3 spiro atoms. The van der Waals surface area contributed by atoms with Gasteiger partial charge in [0.25, 0.3) is 0 Å². The maximum atomic E-state index is 14.2. The van der Waals surface area contributed by atoms with Crippen LogP contribution in [-0.2, 0) is 74.7 Å². The minimum atomic E-state index is -4.93. The third kappa shape index (κ3) is 21.2. The summed E-state index contributed by atoms with van der Waals surface area (Å²) in [6.45, 7) is 12.1. The smallest absolute Gasteiger partial charge is 0.778 e. The van der Waals surface area contributed by atoms with Crippen molar-refractivity contribution in [3.63, 3.8) is 0 Å². The summed E-state index contributed by atoms with van der Waals surface area (Å²) >= 11 is 14.6. The summed E-state index contributed by atoms with van der Waals surface area (Å²) in [5.74, 6) is 0.278. The van der Waals surface area contributed by atoms with Gasteiger partial charge in [-0.05, 0) is 145 Å². The first-order valence-electron chi connectivity index (χ1n) is 35.5. The molecule has 10 aromatic heterocycles. The van der Waals surface area contributed by atoms with E-state index in [4.69, 9.17) is 31.4 Å². The van der Waals surface area contributed by atoms with Crippen LogP contribution in [0.15, 0.2) is 125 Å². The van der Waals surface area contributed by atoms with Crippen molar-refractivity contribution in [2.24, 2.45) is 33.4 Å². The SMILES string of the molecule is C.CS(=O)c1nc(C(F)(F)F)c(Br)c2nccn12.CSc1nc(C(F)(F)F)c(Br)c2nccn12.C[C@@H]1OCC2(CCN(c3nc(C(F)(F)F)c(Br)c4nccn34)CC2)[C@@H]1N.C[C@@H]1OCC2(CCN(c3nc(C(F)(F)F)c(Sc4cccnc4C(F)(F)F)c4nccn34)CC2)[C@@H]1N.C[C@@H]1OCC2(CCNCC2)[C@@H]1N.FC(F)(F)c1ncccc1[S-].[Na+]. The zero-order chi connectivity index (χ0) is 86.4. The van der Waals surface area contributed by atoms with E-state index in [1.807, 2.05) is 18.7 Å². The number of nitrogens with two attached hydrogens (primary N) is 3. The van der Waals surface area contributed by atoms with Gasteiger partial charge in [0, 0.05) is 134 Å². The Morgan fingerprint density at radius 3 is 1.23 bits per heavy atom. The molecule has 652 valence electrons. The molecule has 1 unspecified atom stereocenters. The Hall–Kier alpha value is -5.65. The van der Waals surface area contributed by atoms with Crippen LogP contribution in [0.4, 0.5) is 90.9 Å². The number of piperidine rings is 3. The molecule has 7 atom stereocenters. The van der Waals surface area contributed by atoms with Crippen LogP contribution in [0.2, 0.25) is 0 Å². The number of nitrogens with one attached hydrogen (secondary N) is 1. The number of pyridine rings is 2. The second-order valence-electron chi connectivity index (χ2n) is 28.1. The Bertz CT molecular complexity index is 5210. The van der Waals surface area contributed by atoms with Gasteiger partial charge in [-0.1, -0.05) is 37.0 Å². The normalized spacial score (nSPS) is 21.2. The van der Waals surface area contributed by atoms with Gasteiger partial charge in [0.2, 0.25) is 17.1 Å². The summed E-state index contributed by atoms with van der Waals surface area (Å²) in [4.78, 5) is 39.4. The standard InChI is InChI=1S/C22H22F6N6OS.C16H19BrF3N5O.C9H18N2O.C8H5BrF3N3OS.C8H5BrF3N3S.C6H4F3NS.CH4.Na/c1-12-15(29)20(11-35-12)4-8-33(9-5-20)19-32-17(22(26,27)28)14(18-31-7-10-34(18)19)36-13-3-2-6-30-16(13)21(23,24)25;1-9-11(21)15(8-26-9)2-5-24(6-3-15)14-23-12(16(18,19)20)10(17)13-22-4-7-25(13)14;1-7-8(10)9(6-12-7)2-4-11-5-3-9;1-17(16)7-14-5(8(10,11)12)4(9)6-13-2-3-15(6)7;1-16-7-14-5(8(10,11)12)4(9)6-13-2-3-15(6)7;7-6(8,9)5-4(11)2-1-3-10-5;;/h2-3,6-7,10,12,15H,4-5,8-9,11,29H2,1H3;4,7,9,11H,2-3,5-6,8,21H2,1H3;7-8,11H,2-6,10H2,1H3;2-3H,1H3;2-3H,1H3;1-3,11H;1H4;/q;;;;;;;+1/p-1/t12-,15+;9-,11+;7-,8+;;;;;/m000...../s1. The number of ether oxygens (including phenoxy) is 3. The van der Waals surface area contributed by atoms with Gasteiger partial charge in [-0.15, -0.1) is 4.90 Å². The molecule has 0 radical (unpaired) electrons. The van der Waals surface area contributed by atoms with Gasteiger partial charge in [-0.3, -0.25) is 31.8 Å². The summed E-state index contributed by atoms with van der Waals surface area (Å²) in [5, 5.41) is 3.43. The second-order valence-corrected chi connectivity index (χ2v) is 34.1. The number of alkyl halides is 18. The molecular formula is C70H76Br3F18N20NaO4S4. The number of fused-ring (bicyclic) bond motifs is 4. The quantitative estimate of drug-likeness (QED) is 0.0395. The first-order valence-corrected chi connectivity index (χ1v) is 41.9. The molecule has 16 rings (SSSR count). The van der Waals surface area contributed by atoms with Crippen molar-refractivity contribution >= 4 is 129 Å². The Kier molecular flexibility index (Phi) is 31.6. The molecule has 16 heterocycles. The third-order valence-electron chi connectivity index (χ3n) is 20.9. The summed E-state index contributed by atoms with van der Waals surface area (Å²) < 4.78 is 269. The van der Waals surface area contributed by atoms with Crippen LogP contribution in [0.25, 0.3) is 22.6 Å². The molecule has 24 nitrogen and oxygen atoms in total. The molecule has 6 aliphatic heterocycles. The van der Waals surface area contributed by atoms with Gasteiger partial charge in [0.15, 0.2) is 56.2 Å². The zero-order valence-corrected chi connectivity index (χ0v) is 73.3. The van der Waals surface area contributed by atoms with Crippen molar-refractivity contribution in [3.05, 3.63) is 134 Å². The van der Waals surface area contributed by atoms with Crippen LogP contribution in [0, 0.1) is 16.2 Å². The van der Waals surface area contributed by atoms with E-state index in [1.165, 1.54) is 87.7 Å². The molecule has 6 aliphatic rings. The predicted molar refractivity (Wildman–Crippen MR) is 417 cm³/mol. The minimum Gasteiger partial charge on any atom is -0.778 e. The molecule has 6 saturated heterocycles. The molecule has 0 aromatic carbocycles. The second kappa shape index (κ2) is 38.7. The fourth-order valence-electron chi connectivity index (χ4n) is 14.4. The third-order valence-corrected chi connectivity index (χ3v) is 26.0. The average molecular weight is 1990 g/mol. The summed E-state index contributed by atoms with van der Waals surface area (Å²) in [6, 6.07) is 4.90. The number of nitrogens with zero attached hydrogens (tertiary/aromatic N) is 16. The van der Waals surface area contributed by atoms with Gasteiger partial charge in [-0.2, -0.15) is 79.0 Å². The average Bonchev–Trinajstić information content (AvgIpc) is 1.33. The van der Waals surface area contributed by atoms with E-state index in [0.29, 0.717) is 69.4 Å². The number of imidazole rings is 4. The minimum absolute atomic E-state index is 0. The monoisotopic (exact) mass is 1990 g/mol. The number of hydrogen-bond donors (Lipinski definition) is 4. The molecule has 50 heteroatoms. The van der Waals surface area contributed by atoms with Crippen LogP contribution in [0.1, 0.15) is 101 Å². The fraction of sp³-hybridized carbons (Fsp3) is 0.514. The fourth-order valence-corrected chi connectivity index (χ4v) is 18.8. The van der Waals surface area contributed by atoms with Crippen LogP contribution in [-0.4, -0.2) is 180 Å². The number of halogens is 21. The molecule has 6 fully saturated rings. The van der Waals surface area contributed by atoms with Crippen molar-refractivity contribution in [1.82, 2.24) is 72.8 Å². The van der Waals surface area contributed by atoms with E-state index in [1.54, 1.807) is 28.0 Å². The molecule has 0 saturated carbocycles. The number of hydrogen-bond acceptors (Lipinski definition) is 23. The van der Waals surface area contributed by atoms with Gasteiger partial charge in [0.1, 0.15) is 5.69 Å². The predicted octanol–water partition coefficient (Wildman–Crippen LogP) is 12.7. The van der Waals surface area contributed by atoms with E-state index in [9.17, 15) is 83.2 Å². The van der Waals surface area contributed by atoms with Crippen molar-refractivity contribution in [1.29, 1.82) is 0 Å². The Morgan fingerprint density at radius 1 is 0.483 bits per heavy atom. The Morgan fingerprint density at radius 2 is 0.833 bits per heavy atom. The molecule has 0 amide bonds. The number of rotatable bonds is 6. The van der Waals surface area contributed by atoms with Crippen molar-refractivity contribution in [2.75, 3.05) is 81.4 Å². The zero-order valence-electron chi connectivity index (χ0n) is 63.2. The van der Waals surface area contributed by atoms with Gasteiger partial charge in [-0.25, -0.2) is 39.9 Å². The van der Waals surface area contributed by atoms with E-state index < -0.39 is 91.8 Å². The molecule has 0 aliphatic carbocycles. The van der Waals surface area contributed by atoms with Crippen LogP contribution in [0.5, 0.6) is 0 Å². The van der Waals surface area contributed by atoms with Gasteiger partial charge >= 0.3 is 66.6 Å². The maximum Gasteiger partial charge on any atom is 1.00 e. The summed E-state index contributed by atoms with van der Waals surface area (Å²) in [7, 11) is -1.64. The molecule has 120 heavy (non-hydrogen) atoms. The van der Waals surface area contributed by atoms with E-state index >= 15 is 0 Å². The summed E-state index contributed by atoms with van der Waals surface area (Å²) in [6.07, 6.45) is -6.13. The number of thioether (sulfide) groups is 1. The van der Waals surface area contributed by atoms with E-state index in [-0.39, 0.29) is 147 Å². The van der Waals surface area contributed by atoms with Crippen molar-refractivity contribution < 1.29 is 127 Å². The first-order chi connectivity index (χ1) is 55.2. The van der Waals surface area contributed by atoms with Crippen molar-refractivity contribution in [2.45, 2.75) is 165 Å². The number of aromatic nitrogens is 14. The maximum absolute atomic E-state index is 14.2. The first kappa shape index (κ1) is 98.1. The van der Waals surface area contributed by atoms with Crippen LogP contribution in [0.3, 0.4) is 0 Å². The van der Waals surface area contributed by atoms with Crippen LogP contribution < -0.4 is 61.9 Å². The Balaban J connectivity index is 0.000000172. The van der Waals surface area contributed by atoms with E-state index in [2.05, 4.69) is 122 Å². The molecule has 0 bridgehead atoms. The van der Waals surface area contributed by atoms with Gasteiger partial charge < -0.3 is 59.2 Å². The van der Waals surface area contributed by atoms with Crippen LogP contribution >= 0.6 is 71.3 Å². The Labute approximate surface area is 737 Å².